The van der Waals surface area contributed by atoms with Crippen LogP contribution in [0.3, 0.4) is 0 Å². The van der Waals surface area contributed by atoms with Crippen LogP contribution < -0.4 is 5.32 Å². The van der Waals surface area contributed by atoms with Crippen molar-refractivity contribution >= 4 is 17.6 Å². The van der Waals surface area contributed by atoms with Gasteiger partial charge in [0.2, 0.25) is 5.91 Å². The van der Waals surface area contributed by atoms with Gasteiger partial charge < -0.3 is 19.8 Å². The molecular weight excluding hydrogens is 482 g/mol. The number of rotatable bonds is 6. The van der Waals surface area contributed by atoms with E-state index >= 15 is 0 Å². The molecule has 3 aromatic rings. The van der Waals surface area contributed by atoms with E-state index in [4.69, 9.17) is 4.52 Å². The number of hydrogen-bond donors (Lipinski definition) is 2. The molecule has 4 heterocycles. The van der Waals surface area contributed by atoms with Crippen LogP contribution in [-0.4, -0.2) is 56.5 Å². The number of amidine groups is 1. The molecule has 2 aromatic heterocycles. The van der Waals surface area contributed by atoms with Crippen LogP contribution in [-0.2, 0) is 15.1 Å². The highest BCUT2D eigenvalue weighted by Gasteiger charge is 2.48. The van der Waals surface area contributed by atoms with E-state index in [1.165, 1.54) is 0 Å². The topological polar surface area (TPSA) is 121 Å². The van der Waals surface area contributed by atoms with Crippen molar-refractivity contribution in [2.24, 2.45) is 10.9 Å². The van der Waals surface area contributed by atoms with Gasteiger partial charge in [-0.3, -0.25) is 14.6 Å². The number of carbonyl (C=O) groups excluding carboxylic acids is 2. The average molecular weight is 516 g/mol. The summed E-state index contributed by atoms with van der Waals surface area (Å²) in [5, 5.41) is 17.8. The standard InChI is InChI=1S/C29H33N5O4/c1-16(2)25(24-13-17(3)33-38-24)27(36)34-15-21(35)14-23(34)26-31-28(37)29(5,32-26)20-10-8-19(9-11-20)22-7-6-12-30-18(22)4/h6-13,16,21,23,25,35H,14-15H2,1-5H3,(H,31,32,37). The van der Waals surface area contributed by atoms with Gasteiger partial charge in [-0.2, -0.15) is 4.99 Å². The Morgan fingerprint density at radius 3 is 2.58 bits per heavy atom. The first-order chi connectivity index (χ1) is 18.1. The van der Waals surface area contributed by atoms with E-state index in [0.717, 1.165) is 22.4 Å². The first-order valence-electron chi connectivity index (χ1n) is 12.9. The molecule has 2 aliphatic heterocycles. The molecule has 2 amide bonds. The highest BCUT2D eigenvalue weighted by atomic mass is 16.5. The zero-order chi connectivity index (χ0) is 27.2. The van der Waals surface area contributed by atoms with E-state index in [1.54, 1.807) is 24.1 Å². The van der Waals surface area contributed by atoms with E-state index in [1.807, 2.05) is 64.1 Å². The number of aliphatic hydroxyl groups excluding tert-OH is 1. The molecule has 198 valence electrons. The predicted octanol–water partition coefficient (Wildman–Crippen LogP) is 3.50. The Labute approximate surface area is 222 Å². The molecule has 5 rings (SSSR count). The minimum absolute atomic E-state index is 0.0550. The van der Waals surface area contributed by atoms with E-state index in [9.17, 15) is 14.7 Å². The van der Waals surface area contributed by atoms with Gasteiger partial charge in [0.05, 0.1) is 17.8 Å². The van der Waals surface area contributed by atoms with Crippen molar-refractivity contribution in [1.29, 1.82) is 0 Å². The number of aliphatic hydroxyl groups is 1. The number of benzene rings is 1. The Morgan fingerprint density at radius 2 is 1.95 bits per heavy atom. The van der Waals surface area contributed by atoms with Crippen molar-refractivity contribution in [1.82, 2.24) is 20.4 Å². The van der Waals surface area contributed by atoms with Crippen LogP contribution in [0.4, 0.5) is 0 Å². The van der Waals surface area contributed by atoms with Gasteiger partial charge in [0.15, 0.2) is 0 Å². The first kappa shape index (κ1) is 25.8. The third-order valence-electron chi connectivity index (χ3n) is 7.57. The number of aryl methyl sites for hydroxylation is 2. The molecule has 4 unspecified atom stereocenters. The molecule has 0 bridgehead atoms. The number of aliphatic imine (C=N–C) groups is 1. The molecule has 1 fully saturated rings. The van der Waals surface area contributed by atoms with Crippen LogP contribution in [0.15, 0.2) is 58.2 Å². The number of likely N-dealkylation sites (tertiary alicyclic amines) is 1. The summed E-state index contributed by atoms with van der Waals surface area (Å²) in [7, 11) is 0. The van der Waals surface area contributed by atoms with Gasteiger partial charge in [-0.05, 0) is 43.9 Å². The number of nitrogens with zero attached hydrogens (tertiary/aromatic N) is 4. The second kappa shape index (κ2) is 9.79. The summed E-state index contributed by atoms with van der Waals surface area (Å²) < 4.78 is 5.45. The van der Waals surface area contributed by atoms with Gasteiger partial charge >= 0.3 is 0 Å². The summed E-state index contributed by atoms with van der Waals surface area (Å²) in [6.45, 7) is 9.62. The molecule has 9 nitrogen and oxygen atoms in total. The number of hydrogen-bond acceptors (Lipinski definition) is 7. The van der Waals surface area contributed by atoms with E-state index < -0.39 is 23.6 Å². The summed E-state index contributed by atoms with van der Waals surface area (Å²) in [5.74, 6) is -0.242. The fourth-order valence-electron chi connectivity index (χ4n) is 5.45. The average Bonchev–Trinajstić information content (AvgIpc) is 3.57. The van der Waals surface area contributed by atoms with Gasteiger partial charge in [-0.1, -0.05) is 49.3 Å². The predicted molar refractivity (Wildman–Crippen MR) is 142 cm³/mol. The van der Waals surface area contributed by atoms with Gasteiger partial charge in [-0.25, -0.2) is 0 Å². The van der Waals surface area contributed by atoms with Crippen LogP contribution in [0.1, 0.15) is 55.8 Å². The molecular formula is C29H33N5O4. The van der Waals surface area contributed by atoms with Crippen LogP contribution in [0.5, 0.6) is 0 Å². The van der Waals surface area contributed by atoms with Crippen LogP contribution >= 0.6 is 0 Å². The molecule has 2 N–H and O–H groups in total. The SMILES string of the molecule is Cc1cc(C(C(=O)N2CC(O)CC2C2=NC(=O)C(C)(c3ccc(-c4cccnc4C)cc3)N2)C(C)C)on1. The zero-order valence-electron chi connectivity index (χ0n) is 22.3. The third-order valence-corrected chi connectivity index (χ3v) is 7.57. The number of β-amino-alcohol motifs (C(OH)–C–C–N with tert-alkyl or cyclic N) is 1. The minimum atomic E-state index is -1.08. The fraction of sp³-hybridized carbons (Fsp3) is 0.414. The third kappa shape index (κ3) is 4.51. The Balaban J connectivity index is 1.39. The number of carbonyl (C=O) groups is 2. The molecule has 0 saturated carbocycles. The molecule has 0 radical (unpaired) electrons. The molecule has 0 spiro atoms. The lowest BCUT2D eigenvalue weighted by molar-refractivity contribution is -0.134. The van der Waals surface area contributed by atoms with Gasteiger partial charge in [0.1, 0.15) is 23.1 Å². The fourth-order valence-corrected chi connectivity index (χ4v) is 5.45. The maximum Gasteiger partial charge on any atom is 0.277 e. The first-order valence-corrected chi connectivity index (χ1v) is 12.9. The number of amides is 2. The maximum absolute atomic E-state index is 13.8. The maximum atomic E-state index is 13.8. The van der Waals surface area contributed by atoms with Crippen molar-refractivity contribution in [3.63, 3.8) is 0 Å². The lowest BCUT2D eigenvalue weighted by Gasteiger charge is -2.31. The monoisotopic (exact) mass is 515 g/mol. The highest BCUT2D eigenvalue weighted by molar-refractivity contribution is 6.09. The summed E-state index contributed by atoms with van der Waals surface area (Å²) in [5.41, 5.74) is 3.34. The lowest BCUT2D eigenvalue weighted by Crippen LogP contribution is -2.51. The van der Waals surface area contributed by atoms with Crippen molar-refractivity contribution in [2.75, 3.05) is 6.54 Å². The molecule has 9 heteroatoms. The number of aromatic nitrogens is 2. The summed E-state index contributed by atoms with van der Waals surface area (Å²) in [6, 6.07) is 12.9. The molecule has 1 aromatic carbocycles. The Bertz CT molecular complexity index is 1400. The van der Waals surface area contributed by atoms with Gasteiger partial charge in [0, 0.05) is 36.5 Å². The quantitative estimate of drug-likeness (QED) is 0.515. The van der Waals surface area contributed by atoms with Crippen LogP contribution in [0, 0.1) is 19.8 Å². The molecule has 1 saturated heterocycles. The van der Waals surface area contributed by atoms with Crippen molar-refractivity contribution in [3.8, 4) is 11.1 Å². The normalized spacial score (nSPS) is 24.0. The Hall–Kier alpha value is -3.85. The van der Waals surface area contributed by atoms with Crippen molar-refractivity contribution in [3.05, 3.63) is 71.4 Å². The second-order valence-corrected chi connectivity index (χ2v) is 10.8. The summed E-state index contributed by atoms with van der Waals surface area (Å²) in [4.78, 5) is 37.4. The number of nitrogens with one attached hydrogen (secondary N) is 1. The molecule has 2 aliphatic rings. The van der Waals surface area contributed by atoms with Crippen molar-refractivity contribution in [2.45, 2.75) is 64.6 Å². The molecule has 4 atom stereocenters. The molecule has 0 aliphatic carbocycles. The van der Waals surface area contributed by atoms with E-state index in [2.05, 4.69) is 20.4 Å². The zero-order valence-corrected chi connectivity index (χ0v) is 22.3. The van der Waals surface area contributed by atoms with Gasteiger partial charge in [-0.15, -0.1) is 0 Å². The van der Waals surface area contributed by atoms with Crippen molar-refractivity contribution < 1.29 is 19.2 Å². The number of pyridine rings is 1. The lowest BCUT2D eigenvalue weighted by atomic mass is 9.90. The molecule has 38 heavy (non-hydrogen) atoms. The van der Waals surface area contributed by atoms with Gasteiger partial charge in [0.25, 0.3) is 5.91 Å². The second-order valence-electron chi connectivity index (χ2n) is 10.8. The minimum Gasteiger partial charge on any atom is -0.391 e. The largest absolute Gasteiger partial charge is 0.391 e. The Morgan fingerprint density at radius 1 is 1.21 bits per heavy atom. The highest BCUT2D eigenvalue weighted by Crippen LogP contribution is 2.34. The van der Waals surface area contributed by atoms with E-state index in [-0.39, 0.29) is 24.3 Å². The van der Waals surface area contributed by atoms with Crippen LogP contribution in [0.25, 0.3) is 11.1 Å². The smallest absolute Gasteiger partial charge is 0.277 e. The Kier molecular flexibility index (Phi) is 6.65. The van der Waals surface area contributed by atoms with Crippen LogP contribution in [0.2, 0.25) is 0 Å². The summed E-state index contributed by atoms with van der Waals surface area (Å²) in [6.07, 6.45) is 1.33. The van der Waals surface area contributed by atoms with E-state index in [0.29, 0.717) is 23.7 Å². The summed E-state index contributed by atoms with van der Waals surface area (Å²) >= 11 is 0.